The first-order valence-corrected chi connectivity index (χ1v) is 6.73. The summed E-state index contributed by atoms with van der Waals surface area (Å²) >= 11 is 1.71. The lowest BCUT2D eigenvalue weighted by Crippen LogP contribution is -2.29. The third-order valence-corrected chi connectivity index (χ3v) is 3.96. The van der Waals surface area contributed by atoms with Gasteiger partial charge in [0, 0.05) is 29.5 Å². The Balaban J connectivity index is 1.92. The summed E-state index contributed by atoms with van der Waals surface area (Å²) in [4.78, 5) is 6.73. The predicted molar refractivity (Wildman–Crippen MR) is 72.3 cm³/mol. The molecule has 0 spiro atoms. The number of thiazole rings is 1. The van der Waals surface area contributed by atoms with E-state index in [0.29, 0.717) is 0 Å². The predicted octanol–water partition coefficient (Wildman–Crippen LogP) is 2.68. The molecule has 88 valence electrons. The number of hydrogen-bond acceptors (Lipinski definition) is 4. The molecule has 2 aromatic rings. The fourth-order valence-corrected chi connectivity index (χ4v) is 3.02. The highest BCUT2D eigenvalue weighted by Crippen LogP contribution is 2.32. The summed E-state index contributed by atoms with van der Waals surface area (Å²) in [6.07, 6.45) is 4.13. The van der Waals surface area contributed by atoms with E-state index in [2.05, 4.69) is 16.0 Å². The Kier molecular flexibility index (Phi) is 2.73. The molecule has 0 atom stereocenters. The first kappa shape index (κ1) is 10.6. The summed E-state index contributed by atoms with van der Waals surface area (Å²) < 4.78 is 0. The fraction of sp³-hybridized carbons (Fsp3) is 0.308. The van der Waals surface area contributed by atoms with E-state index in [4.69, 9.17) is 5.73 Å². The molecule has 0 amide bonds. The average Bonchev–Trinajstić information content (AvgIpc) is 2.83. The number of nitrogen functional groups attached to an aromatic ring is 1. The number of benzene rings is 1. The molecule has 0 aliphatic carbocycles. The molecule has 1 aliphatic heterocycles. The van der Waals surface area contributed by atoms with Crippen LogP contribution in [-0.2, 0) is 13.0 Å². The molecular formula is C13H15N3S. The van der Waals surface area contributed by atoms with Crippen molar-refractivity contribution in [2.24, 2.45) is 0 Å². The molecular weight excluding hydrogens is 230 g/mol. The SMILES string of the molecule is Nc1cccc2c1CCCN2Cc1nccs1. The second-order valence-electron chi connectivity index (χ2n) is 4.30. The van der Waals surface area contributed by atoms with Gasteiger partial charge in [0.2, 0.25) is 0 Å². The van der Waals surface area contributed by atoms with Gasteiger partial charge in [-0.1, -0.05) is 6.07 Å². The summed E-state index contributed by atoms with van der Waals surface area (Å²) in [6, 6.07) is 6.19. The van der Waals surface area contributed by atoms with Gasteiger partial charge in [0.15, 0.2) is 0 Å². The van der Waals surface area contributed by atoms with Crippen LogP contribution in [0.3, 0.4) is 0 Å². The third kappa shape index (κ3) is 2.00. The van der Waals surface area contributed by atoms with E-state index in [1.54, 1.807) is 11.3 Å². The van der Waals surface area contributed by atoms with Gasteiger partial charge in [0.1, 0.15) is 5.01 Å². The summed E-state index contributed by atoms with van der Waals surface area (Å²) in [5, 5.41) is 3.19. The van der Waals surface area contributed by atoms with Gasteiger partial charge in [-0.3, -0.25) is 0 Å². The number of fused-ring (bicyclic) bond motifs is 1. The van der Waals surface area contributed by atoms with Crippen molar-refractivity contribution in [1.29, 1.82) is 0 Å². The molecule has 0 saturated carbocycles. The molecule has 1 aromatic heterocycles. The number of hydrogen-bond donors (Lipinski definition) is 1. The Labute approximate surface area is 105 Å². The topological polar surface area (TPSA) is 42.1 Å². The molecule has 0 bridgehead atoms. The minimum Gasteiger partial charge on any atom is -0.398 e. The van der Waals surface area contributed by atoms with E-state index in [1.807, 2.05) is 23.7 Å². The van der Waals surface area contributed by atoms with Gasteiger partial charge < -0.3 is 10.6 Å². The highest BCUT2D eigenvalue weighted by Gasteiger charge is 2.18. The number of aromatic nitrogens is 1. The molecule has 1 aliphatic rings. The van der Waals surface area contributed by atoms with Crippen LogP contribution in [0.2, 0.25) is 0 Å². The highest BCUT2D eigenvalue weighted by molar-refractivity contribution is 7.09. The normalized spacial score (nSPS) is 14.7. The molecule has 0 unspecified atom stereocenters. The lowest BCUT2D eigenvalue weighted by Gasteiger charge is -2.31. The molecule has 1 aromatic carbocycles. The second kappa shape index (κ2) is 4.37. The zero-order valence-corrected chi connectivity index (χ0v) is 10.4. The van der Waals surface area contributed by atoms with Crippen LogP contribution in [0.5, 0.6) is 0 Å². The maximum absolute atomic E-state index is 6.04. The van der Waals surface area contributed by atoms with Crippen LogP contribution in [0.15, 0.2) is 29.8 Å². The maximum Gasteiger partial charge on any atom is 0.112 e. The Hall–Kier alpha value is -1.55. The molecule has 3 nitrogen and oxygen atoms in total. The van der Waals surface area contributed by atoms with Crippen molar-refractivity contribution in [1.82, 2.24) is 4.98 Å². The van der Waals surface area contributed by atoms with Crippen LogP contribution in [0.1, 0.15) is 17.0 Å². The van der Waals surface area contributed by atoms with Crippen molar-refractivity contribution >= 4 is 22.7 Å². The minimum atomic E-state index is 0.897. The van der Waals surface area contributed by atoms with Crippen molar-refractivity contribution in [2.45, 2.75) is 19.4 Å². The van der Waals surface area contributed by atoms with Gasteiger partial charge in [-0.2, -0.15) is 0 Å². The molecule has 17 heavy (non-hydrogen) atoms. The van der Waals surface area contributed by atoms with Crippen LogP contribution in [0, 0.1) is 0 Å². The number of anilines is 2. The fourth-order valence-electron chi connectivity index (χ4n) is 2.39. The first-order chi connectivity index (χ1) is 8.34. The standard InChI is InChI=1S/C13H15N3S/c14-11-4-1-5-12-10(11)3-2-7-16(12)9-13-15-6-8-17-13/h1,4-6,8H,2-3,7,9,14H2. The molecule has 0 saturated heterocycles. The summed E-state index contributed by atoms with van der Waals surface area (Å²) in [6.45, 7) is 1.99. The van der Waals surface area contributed by atoms with Crippen molar-refractivity contribution in [2.75, 3.05) is 17.2 Å². The van der Waals surface area contributed by atoms with E-state index in [9.17, 15) is 0 Å². The van der Waals surface area contributed by atoms with Crippen molar-refractivity contribution in [3.05, 3.63) is 40.3 Å². The van der Waals surface area contributed by atoms with E-state index in [0.717, 1.165) is 25.2 Å². The second-order valence-corrected chi connectivity index (χ2v) is 5.27. The van der Waals surface area contributed by atoms with E-state index in [1.165, 1.54) is 22.7 Å². The monoisotopic (exact) mass is 245 g/mol. The molecule has 3 rings (SSSR count). The maximum atomic E-state index is 6.04. The lowest BCUT2D eigenvalue weighted by atomic mass is 10.00. The Morgan fingerprint density at radius 2 is 2.35 bits per heavy atom. The lowest BCUT2D eigenvalue weighted by molar-refractivity contribution is 0.691. The minimum absolute atomic E-state index is 0.897. The van der Waals surface area contributed by atoms with Crippen molar-refractivity contribution in [3.8, 4) is 0 Å². The van der Waals surface area contributed by atoms with Crippen LogP contribution in [0.4, 0.5) is 11.4 Å². The van der Waals surface area contributed by atoms with Crippen LogP contribution in [0.25, 0.3) is 0 Å². The molecule has 0 fully saturated rings. The van der Waals surface area contributed by atoms with Crippen LogP contribution in [-0.4, -0.2) is 11.5 Å². The van der Waals surface area contributed by atoms with E-state index in [-0.39, 0.29) is 0 Å². The van der Waals surface area contributed by atoms with Gasteiger partial charge >= 0.3 is 0 Å². The summed E-state index contributed by atoms with van der Waals surface area (Å²) in [5.41, 5.74) is 9.54. The number of nitrogens with zero attached hydrogens (tertiary/aromatic N) is 2. The molecule has 2 N–H and O–H groups in total. The molecule has 0 radical (unpaired) electrons. The average molecular weight is 245 g/mol. The number of nitrogens with two attached hydrogens (primary N) is 1. The van der Waals surface area contributed by atoms with Crippen molar-refractivity contribution < 1.29 is 0 Å². The smallest absolute Gasteiger partial charge is 0.112 e. The Bertz CT molecular complexity index is 507. The van der Waals surface area contributed by atoms with E-state index < -0.39 is 0 Å². The van der Waals surface area contributed by atoms with E-state index >= 15 is 0 Å². The molecule has 2 heterocycles. The largest absolute Gasteiger partial charge is 0.398 e. The first-order valence-electron chi connectivity index (χ1n) is 5.85. The van der Waals surface area contributed by atoms with Crippen LogP contribution < -0.4 is 10.6 Å². The third-order valence-electron chi connectivity index (χ3n) is 3.19. The van der Waals surface area contributed by atoms with Gasteiger partial charge in [-0.05, 0) is 30.5 Å². The zero-order chi connectivity index (χ0) is 11.7. The Morgan fingerprint density at radius 3 is 3.18 bits per heavy atom. The zero-order valence-electron chi connectivity index (χ0n) is 9.60. The molecule has 4 heteroatoms. The van der Waals surface area contributed by atoms with Crippen molar-refractivity contribution in [3.63, 3.8) is 0 Å². The van der Waals surface area contributed by atoms with Gasteiger partial charge in [0.05, 0.1) is 6.54 Å². The quantitative estimate of drug-likeness (QED) is 0.827. The number of rotatable bonds is 2. The van der Waals surface area contributed by atoms with Gasteiger partial charge in [-0.15, -0.1) is 11.3 Å². The van der Waals surface area contributed by atoms with Crippen LogP contribution >= 0.6 is 11.3 Å². The Morgan fingerprint density at radius 1 is 1.41 bits per heavy atom. The summed E-state index contributed by atoms with van der Waals surface area (Å²) in [7, 11) is 0. The summed E-state index contributed by atoms with van der Waals surface area (Å²) in [5.74, 6) is 0. The van der Waals surface area contributed by atoms with Gasteiger partial charge in [-0.25, -0.2) is 4.98 Å². The highest BCUT2D eigenvalue weighted by atomic mass is 32.1. The van der Waals surface area contributed by atoms with Gasteiger partial charge in [0.25, 0.3) is 0 Å².